The van der Waals surface area contributed by atoms with E-state index in [1.54, 1.807) is 6.92 Å². The lowest BCUT2D eigenvalue weighted by Gasteiger charge is -2.38. The quantitative estimate of drug-likeness (QED) is 0.623. The highest BCUT2D eigenvalue weighted by atomic mass is 28.4. The Morgan fingerprint density at radius 1 is 1.19 bits per heavy atom. The summed E-state index contributed by atoms with van der Waals surface area (Å²) < 4.78 is 11.3. The van der Waals surface area contributed by atoms with Crippen LogP contribution in [0.5, 0.6) is 0 Å². The Morgan fingerprint density at radius 3 is 2.14 bits per heavy atom. The van der Waals surface area contributed by atoms with E-state index in [-0.39, 0.29) is 17.7 Å². The zero-order valence-corrected chi connectivity index (χ0v) is 14.9. The summed E-state index contributed by atoms with van der Waals surface area (Å²) in [6.45, 7) is 12.7. The summed E-state index contributed by atoms with van der Waals surface area (Å²) in [6, 6.07) is 0. The van der Waals surface area contributed by atoms with Gasteiger partial charge in [-0.2, -0.15) is 0 Å². The van der Waals surface area contributed by atoms with Gasteiger partial charge in [0.25, 0.3) is 0 Å². The number of hydrogen-bond acceptors (Lipinski definition) is 4. The molecule has 3 atom stereocenters. The van der Waals surface area contributed by atoms with Crippen LogP contribution in [0.4, 0.5) is 0 Å². The zero-order chi connectivity index (χ0) is 16.4. The van der Waals surface area contributed by atoms with Crippen LogP contribution in [0.15, 0.2) is 0 Å². The number of carboxylic acid groups (broad SMARTS) is 1. The first-order valence-corrected chi connectivity index (χ1v) is 10.5. The van der Waals surface area contributed by atoms with Crippen LogP contribution >= 0.6 is 0 Å². The van der Waals surface area contributed by atoms with Gasteiger partial charge in [-0.1, -0.05) is 20.8 Å². The molecule has 0 amide bonds. The van der Waals surface area contributed by atoms with Crippen molar-refractivity contribution >= 4 is 20.3 Å². The van der Waals surface area contributed by atoms with Crippen molar-refractivity contribution in [2.75, 3.05) is 6.61 Å². The third-order valence-corrected chi connectivity index (χ3v) is 9.23. The van der Waals surface area contributed by atoms with E-state index in [0.29, 0.717) is 12.8 Å². The SMILES string of the molecule is CCOC(=O)[C@@H]1C[C@H](O[Si](C)(C)C(C)(C)C)C[C@H]1C(=O)O. The molecule has 1 aliphatic rings. The fraction of sp³-hybridized carbons (Fsp3) is 0.867. The number of rotatable bonds is 5. The monoisotopic (exact) mass is 316 g/mol. The van der Waals surface area contributed by atoms with Crippen LogP contribution in [0, 0.1) is 11.8 Å². The Bertz CT molecular complexity index is 399. The Hall–Kier alpha value is -0.883. The molecule has 0 unspecified atom stereocenters. The Labute approximate surface area is 128 Å². The molecule has 0 radical (unpaired) electrons. The van der Waals surface area contributed by atoms with Gasteiger partial charge in [0.1, 0.15) is 0 Å². The van der Waals surface area contributed by atoms with E-state index in [0.717, 1.165) is 0 Å². The second-order valence-corrected chi connectivity index (χ2v) is 12.0. The highest BCUT2D eigenvalue weighted by Crippen LogP contribution is 2.42. The second-order valence-electron chi connectivity index (χ2n) is 7.27. The minimum atomic E-state index is -1.96. The van der Waals surface area contributed by atoms with Gasteiger partial charge in [-0.05, 0) is 37.9 Å². The van der Waals surface area contributed by atoms with Crippen LogP contribution in [0.2, 0.25) is 18.1 Å². The number of carbonyl (C=O) groups excluding carboxylic acids is 1. The van der Waals surface area contributed by atoms with Gasteiger partial charge in [0.05, 0.1) is 18.4 Å². The fourth-order valence-electron chi connectivity index (χ4n) is 2.46. The van der Waals surface area contributed by atoms with Crippen LogP contribution < -0.4 is 0 Å². The molecular weight excluding hydrogens is 288 g/mol. The van der Waals surface area contributed by atoms with E-state index in [2.05, 4.69) is 33.9 Å². The number of esters is 1. The normalized spacial score (nSPS) is 26.7. The minimum Gasteiger partial charge on any atom is -0.481 e. The van der Waals surface area contributed by atoms with Crippen molar-refractivity contribution in [1.29, 1.82) is 0 Å². The lowest BCUT2D eigenvalue weighted by atomic mass is 9.96. The third kappa shape index (κ3) is 4.29. The number of ether oxygens (including phenoxy) is 1. The maximum Gasteiger partial charge on any atom is 0.309 e. The lowest BCUT2D eigenvalue weighted by molar-refractivity contribution is -0.156. The number of hydrogen-bond donors (Lipinski definition) is 1. The molecule has 5 nitrogen and oxygen atoms in total. The van der Waals surface area contributed by atoms with Crippen LogP contribution in [-0.2, 0) is 18.8 Å². The highest BCUT2D eigenvalue weighted by molar-refractivity contribution is 6.74. The van der Waals surface area contributed by atoms with E-state index >= 15 is 0 Å². The summed E-state index contributed by atoms with van der Waals surface area (Å²) in [7, 11) is -1.96. The van der Waals surface area contributed by atoms with E-state index in [1.165, 1.54) is 0 Å². The van der Waals surface area contributed by atoms with Gasteiger partial charge >= 0.3 is 11.9 Å². The maximum absolute atomic E-state index is 11.9. The molecule has 0 aromatic rings. The van der Waals surface area contributed by atoms with Crippen LogP contribution in [0.3, 0.4) is 0 Å². The van der Waals surface area contributed by atoms with Gasteiger partial charge in [-0.25, -0.2) is 0 Å². The van der Waals surface area contributed by atoms with E-state index in [4.69, 9.17) is 9.16 Å². The molecule has 21 heavy (non-hydrogen) atoms. The van der Waals surface area contributed by atoms with E-state index in [1.807, 2.05) is 0 Å². The Balaban J connectivity index is 2.81. The number of carbonyl (C=O) groups is 2. The smallest absolute Gasteiger partial charge is 0.309 e. The van der Waals surface area contributed by atoms with Crippen molar-refractivity contribution < 1.29 is 23.9 Å². The molecule has 0 bridgehead atoms. The predicted molar refractivity (Wildman–Crippen MR) is 82.6 cm³/mol. The largest absolute Gasteiger partial charge is 0.481 e. The van der Waals surface area contributed by atoms with Gasteiger partial charge in [0, 0.05) is 6.10 Å². The topological polar surface area (TPSA) is 72.8 Å². The third-order valence-electron chi connectivity index (χ3n) is 4.69. The molecule has 1 N–H and O–H groups in total. The van der Waals surface area contributed by atoms with E-state index < -0.39 is 32.1 Å². The highest BCUT2D eigenvalue weighted by Gasteiger charge is 2.47. The van der Waals surface area contributed by atoms with Gasteiger partial charge < -0.3 is 14.3 Å². The molecule has 1 rings (SSSR count). The molecule has 0 saturated heterocycles. The van der Waals surface area contributed by atoms with Gasteiger partial charge in [0.15, 0.2) is 8.32 Å². The van der Waals surface area contributed by atoms with Gasteiger partial charge in [-0.15, -0.1) is 0 Å². The van der Waals surface area contributed by atoms with Gasteiger partial charge in [-0.3, -0.25) is 9.59 Å². The van der Waals surface area contributed by atoms with Crippen LogP contribution in [-0.4, -0.2) is 38.1 Å². The molecule has 0 aromatic carbocycles. The molecule has 122 valence electrons. The standard InChI is InChI=1S/C15H28O5Si/c1-7-19-14(18)12-9-10(8-11(12)13(16)17)20-21(5,6)15(2,3)4/h10-12H,7-9H2,1-6H3,(H,16,17)/t10-,11-,12-/m1/s1. The summed E-state index contributed by atoms with van der Waals surface area (Å²) in [5, 5.41) is 9.39. The maximum atomic E-state index is 11.9. The van der Waals surface area contributed by atoms with Crippen molar-refractivity contribution in [3.63, 3.8) is 0 Å². The molecule has 6 heteroatoms. The first-order chi connectivity index (χ1) is 9.49. The Morgan fingerprint density at radius 2 is 1.71 bits per heavy atom. The van der Waals surface area contributed by atoms with Crippen molar-refractivity contribution in [2.45, 2.75) is 64.8 Å². The molecule has 1 fully saturated rings. The summed E-state index contributed by atoms with van der Waals surface area (Å²) in [4.78, 5) is 23.3. The fourth-order valence-corrected chi connectivity index (χ4v) is 3.84. The van der Waals surface area contributed by atoms with Crippen molar-refractivity contribution in [1.82, 2.24) is 0 Å². The van der Waals surface area contributed by atoms with Gasteiger partial charge in [0.2, 0.25) is 0 Å². The molecule has 1 saturated carbocycles. The average molecular weight is 316 g/mol. The average Bonchev–Trinajstić information content (AvgIpc) is 2.71. The predicted octanol–water partition coefficient (Wildman–Crippen LogP) is 3.05. The summed E-state index contributed by atoms with van der Waals surface area (Å²) >= 11 is 0. The first-order valence-electron chi connectivity index (χ1n) is 7.57. The molecule has 0 aliphatic heterocycles. The van der Waals surface area contributed by atoms with Crippen molar-refractivity contribution in [2.24, 2.45) is 11.8 Å². The van der Waals surface area contributed by atoms with E-state index in [9.17, 15) is 14.7 Å². The second kappa shape index (κ2) is 6.48. The number of carboxylic acids is 1. The van der Waals surface area contributed by atoms with Crippen LogP contribution in [0.1, 0.15) is 40.5 Å². The molecular formula is C15H28O5Si. The van der Waals surface area contributed by atoms with Crippen molar-refractivity contribution in [3.05, 3.63) is 0 Å². The summed E-state index contributed by atoms with van der Waals surface area (Å²) in [5.74, 6) is -2.63. The minimum absolute atomic E-state index is 0.0632. The molecule has 0 heterocycles. The lowest BCUT2D eigenvalue weighted by Crippen LogP contribution is -2.43. The molecule has 1 aliphatic carbocycles. The molecule has 0 spiro atoms. The summed E-state index contributed by atoms with van der Waals surface area (Å²) in [5.41, 5.74) is 0. The van der Waals surface area contributed by atoms with Crippen LogP contribution in [0.25, 0.3) is 0 Å². The zero-order valence-electron chi connectivity index (χ0n) is 13.9. The molecule has 0 aromatic heterocycles. The summed E-state index contributed by atoms with van der Waals surface area (Å²) in [6.07, 6.45) is 0.676. The number of aliphatic carboxylic acids is 1. The first kappa shape index (κ1) is 18.2. The Kier molecular flexibility index (Phi) is 5.61. The van der Waals surface area contributed by atoms with Crippen molar-refractivity contribution in [3.8, 4) is 0 Å².